The molecule has 104 valence electrons. The Hall–Kier alpha value is -0.630. The van der Waals surface area contributed by atoms with Crippen molar-refractivity contribution in [1.29, 1.82) is 0 Å². The summed E-state index contributed by atoms with van der Waals surface area (Å²) in [7, 11) is 0. The molecule has 2 rings (SSSR count). The fourth-order valence-electron chi connectivity index (χ4n) is 1.75. The number of thioether (sulfide) groups is 1. The highest BCUT2D eigenvalue weighted by molar-refractivity contribution is 14.1. The molecule has 1 aliphatic rings. The molecule has 0 spiro atoms. The van der Waals surface area contributed by atoms with E-state index in [1.165, 1.54) is 3.57 Å². The van der Waals surface area contributed by atoms with Gasteiger partial charge >= 0.3 is 0 Å². The maximum Gasteiger partial charge on any atom is 0.191 e. The molecule has 1 saturated heterocycles. The molecule has 0 unspecified atom stereocenters. The molecule has 2 N–H and O–H groups in total. The van der Waals surface area contributed by atoms with Gasteiger partial charge in [0.2, 0.25) is 0 Å². The maximum atomic E-state index is 5.96. The summed E-state index contributed by atoms with van der Waals surface area (Å²) < 4.78 is 6.81. The van der Waals surface area contributed by atoms with Crippen molar-refractivity contribution in [3.05, 3.63) is 27.8 Å². The summed E-state index contributed by atoms with van der Waals surface area (Å²) >= 11 is 4.24. The Kier molecular flexibility index (Phi) is 6.09. The molecule has 0 saturated carbocycles. The predicted octanol–water partition coefficient (Wildman–Crippen LogP) is 2.03. The van der Waals surface area contributed by atoms with Gasteiger partial charge in [0, 0.05) is 28.2 Å². The average Bonchev–Trinajstić information content (AvgIpc) is 2.46. The number of nitrogens with two attached hydrogens (primary N) is 1. The molecule has 0 amide bonds. The van der Waals surface area contributed by atoms with Gasteiger partial charge in [-0.15, -0.1) is 0 Å². The molecule has 0 aliphatic carbocycles. The molecular formula is C13H18IN3OS. The van der Waals surface area contributed by atoms with E-state index in [1.54, 1.807) is 0 Å². The third-order valence-corrected chi connectivity index (χ3v) is 4.44. The Morgan fingerprint density at radius 3 is 2.68 bits per heavy atom. The van der Waals surface area contributed by atoms with Crippen LogP contribution in [0.4, 0.5) is 0 Å². The molecule has 1 aromatic carbocycles. The Labute approximate surface area is 131 Å². The van der Waals surface area contributed by atoms with Crippen LogP contribution in [0.5, 0.6) is 5.75 Å². The highest BCUT2D eigenvalue weighted by Crippen LogP contribution is 2.13. The highest BCUT2D eigenvalue weighted by Gasteiger charge is 2.11. The monoisotopic (exact) mass is 391 g/mol. The van der Waals surface area contributed by atoms with E-state index in [0.717, 1.165) is 30.3 Å². The number of halogens is 1. The van der Waals surface area contributed by atoms with Crippen LogP contribution < -0.4 is 10.5 Å². The lowest BCUT2D eigenvalue weighted by Gasteiger charge is -2.27. The number of hydrogen-bond acceptors (Lipinski definition) is 3. The van der Waals surface area contributed by atoms with Gasteiger partial charge in [0.1, 0.15) is 12.4 Å². The van der Waals surface area contributed by atoms with Crippen molar-refractivity contribution < 1.29 is 4.74 Å². The molecule has 0 aromatic heterocycles. The smallest absolute Gasteiger partial charge is 0.191 e. The van der Waals surface area contributed by atoms with Gasteiger partial charge in [0.05, 0.1) is 6.54 Å². The van der Waals surface area contributed by atoms with Gasteiger partial charge in [-0.05, 0) is 46.9 Å². The normalized spacial score (nSPS) is 16.5. The summed E-state index contributed by atoms with van der Waals surface area (Å²) in [6, 6.07) is 7.99. The lowest BCUT2D eigenvalue weighted by Crippen LogP contribution is -2.42. The van der Waals surface area contributed by atoms with Gasteiger partial charge in [0.25, 0.3) is 0 Å². The van der Waals surface area contributed by atoms with E-state index in [1.807, 2.05) is 36.0 Å². The average molecular weight is 391 g/mol. The van der Waals surface area contributed by atoms with E-state index in [0.29, 0.717) is 19.1 Å². The van der Waals surface area contributed by atoms with Crippen molar-refractivity contribution in [2.24, 2.45) is 10.7 Å². The summed E-state index contributed by atoms with van der Waals surface area (Å²) in [6.45, 7) is 3.15. The van der Waals surface area contributed by atoms with Crippen molar-refractivity contribution in [3.63, 3.8) is 0 Å². The number of nitrogens with zero attached hydrogens (tertiary/aromatic N) is 2. The summed E-state index contributed by atoms with van der Waals surface area (Å²) in [6.07, 6.45) is 0. The SMILES string of the molecule is NC(=NCCOc1ccc(I)cc1)N1CCSCC1. The van der Waals surface area contributed by atoms with Crippen molar-refractivity contribution >= 4 is 40.3 Å². The first-order valence-electron chi connectivity index (χ1n) is 6.27. The summed E-state index contributed by atoms with van der Waals surface area (Å²) in [5.41, 5.74) is 5.96. The Morgan fingerprint density at radius 1 is 1.32 bits per heavy atom. The first kappa shape index (κ1) is 14.8. The Bertz CT molecular complexity index is 418. The van der Waals surface area contributed by atoms with Gasteiger partial charge in [-0.3, -0.25) is 0 Å². The molecule has 1 heterocycles. The molecule has 0 bridgehead atoms. The van der Waals surface area contributed by atoms with E-state index in [2.05, 4.69) is 32.5 Å². The van der Waals surface area contributed by atoms with Gasteiger partial charge < -0.3 is 15.4 Å². The van der Waals surface area contributed by atoms with Crippen LogP contribution in [0.25, 0.3) is 0 Å². The van der Waals surface area contributed by atoms with Crippen LogP contribution in [0.3, 0.4) is 0 Å². The molecule has 1 aromatic rings. The molecular weight excluding hydrogens is 373 g/mol. The molecule has 1 aliphatic heterocycles. The summed E-state index contributed by atoms with van der Waals surface area (Å²) in [5.74, 6) is 3.79. The summed E-state index contributed by atoms with van der Waals surface area (Å²) in [4.78, 5) is 6.51. The quantitative estimate of drug-likeness (QED) is 0.370. The minimum atomic E-state index is 0.559. The minimum Gasteiger partial charge on any atom is -0.492 e. The zero-order chi connectivity index (χ0) is 13.5. The van der Waals surface area contributed by atoms with Gasteiger partial charge in [-0.1, -0.05) is 0 Å². The van der Waals surface area contributed by atoms with Gasteiger partial charge in [-0.25, -0.2) is 4.99 Å². The number of benzene rings is 1. The molecule has 6 heteroatoms. The Balaban J connectivity index is 1.71. The third-order valence-electron chi connectivity index (χ3n) is 2.78. The van der Waals surface area contributed by atoms with E-state index in [-0.39, 0.29) is 0 Å². The van der Waals surface area contributed by atoms with Crippen LogP contribution in [0.1, 0.15) is 0 Å². The first-order chi connectivity index (χ1) is 9.25. The lowest BCUT2D eigenvalue weighted by atomic mass is 10.3. The molecule has 1 fully saturated rings. The topological polar surface area (TPSA) is 50.9 Å². The van der Waals surface area contributed by atoms with Crippen LogP contribution in [0.15, 0.2) is 29.3 Å². The second-order valence-electron chi connectivity index (χ2n) is 4.14. The predicted molar refractivity (Wildman–Crippen MR) is 90.0 cm³/mol. The van der Waals surface area contributed by atoms with E-state index in [9.17, 15) is 0 Å². The Morgan fingerprint density at radius 2 is 2.00 bits per heavy atom. The fourth-order valence-corrected chi connectivity index (χ4v) is 3.01. The highest BCUT2D eigenvalue weighted by atomic mass is 127. The maximum absolute atomic E-state index is 5.96. The van der Waals surface area contributed by atoms with Crippen molar-refractivity contribution in [2.45, 2.75) is 0 Å². The number of rotatable bonds is 4. The van der Waals surface area contributed by atoms with Crippen molar-refractivity contribution in [3.8, 4) is 5.75 Å². The first-order valence-corrected chi connectivity index (χ1v) is 8.50. The van der Waals surface area contributed by atoms with Crippen molar-refractivity contribution in [1.82, 2.24) is 4.90 Å². The van der Waals surface area contributed by atoms with Crippen molar-refractivity contribution in [2.75, 3.05) is 37.7 Å². The summed E-state index contributed by atoms with van der Waals surface area (Å²) in [5, 5.41) is 0. The molecule has 4 nitrogen and oxygen atoms in total. The molecule has 0 radical (unpaired) electrons. The number of ether oxygens (including phenoxy) is 1. The van der Waals surface area contributed by atoms with Gasteiger partial charge in [0.15, 0.2) is 5.96 Å². The number of aliphatic imine (C=N–C) groups is 1. The minimum absolute atomic E-state index is 0.559. The van der Waals surface area contributed by atoms with Gasteiger partial charge in [-0.2, -0.15) is 11.8 Å². The van der Waals surface area contributed by atoms with E-state index >= 15 is 0 Å². The second kappa shape index (κ2) is 7.84. The number of guanidine groups is 1. The lowest BCUT2D eigenvalue weighted by molar-refractivity contribution is 0.327. The zero-order valence-corrected chi connectivity index (χ0v) is 13.7. The second-order valence-corrected chi connectivity index (χ2v) is 6.61. The third kappa shape index (κ3) is 5.10. The standard InChI is InChI=1S/C13H18IN3OS/c14-11-1-3-12(4-2-11)18-8-5-16-13(15)17-6-9-19-10-7-17/h1-4H,5-10H2,(H2,15,16). The van der Waals surface area contributed by atoms with Crippen LogP contribution in [-0.2, 0) is 0 Å². The largest absolute Gasteiger partial charge is 0.492 e. The van der Waals surface area contributed by atoms with Crippen LogP contribution in [0, 0.1) is 3.57 Å². The fraction of sp³-hybridized carbons (Fsp3) is 0.462. The van der Waals surface area contributed by atoms with Crippen LogP contribution >= 0.6 is 34.4 Å². The zero-order valence-electron chi connectivity index (χ0n) is 10.7. The van der Waals surface area contributed by atoms with E-state index in [4.69, 9.17) is 10.5 Å². The molecule has 19 heavy (non-hydrogen) atoms. The number of hydrogen-bond donors (Lipinski definition) is 1. The van der Waals surface area contributed by atoms with E-state index < -0.39 is 0 Å². The van der Waals surface area contributed by atoms with Crippen LogP contribution in [0.2, 0.25) is 0 Å². The molecule has 0 atom stereocenters. The van der Waals surface area contributed by atoms with Crippen LogP contribution in [-0.4, -0.2) is 48.6 Å².